The van der Waals surface area contributed by atoms with Crippen molar-refractivity contribution < 1.29 is 4.74 Å². The topological polar surface area (TPSA) is 39.9 Å². The van der Waals surface area contributed by atoms with E-state index in [0.29, 0.717) is 13.2 Å². The molecule has 2 heterocycles. The third-order valence-corrected chi connectivity index (χ3v) is 4.52. The number of aromatic nitrogens is 3. The van der Waals surface area contributed by atoms with Gasteiger partial charge in [0, 0.05) is 24.1 Å². The van der Waals surface area contributed by atoms with Crippen LogP contribution in [0, 0.1) is 18.8 Å². The Bertz CT molecular complexity index is 1120. The summed E-state index contributed by atoms with van der Waals surface area (Å²) in [7, 11) is 0. The number of pyridine rings is 1. The minimum Gasteiger partial charge on any atom is -0.369 e. The van der Waals surface area contributed by atoms with Gasteiger partial charge in [0.2, 0.25) is 0 Å². The summed E-state index contributed by atoms with van der Waals surface area (Å²) in [6.45, 7) is 4.03. The Kier molecular flexibility index (Phi) is 5.13. The van der Waals surface area contributed by atoms with Crippen molar-refractivity contribution in [2.24, 2.45) is 0 Å². The summed E-state index contributed by atoms with van der Waals surface area (Å²) in [5.41, 5.74) is 4.11. The number of benzene rings is 2. The third kappa shape index (κ3) is 3.84. The van der Waals surface area contributed by atoms with Crippen molar-refractivity contribution in [3.8, 4) is 11.8 Å². The van der Waals surface area contributed by atoms with Crippen molar-refractivity contribution >= 4 is 21.9 Å². The first-order chi connectivity index (χ1) is 13.3. The SMILES string of the molecule is Cc1nc2cnc3ccccc3c2n1CCCOCC#Cc1ccccc1. The number of hydrogen-bond acceptors (Lipinski definition) is 3. The van der Waals surface area contributed by atoms with E-state index in [-0.39, 0.29) is 0 Å². The normalized spacial score (nSPS) is 10.9. The smallest absolute Gasteiger partial charge is 0.108 e. The van der Waals surface area contributed by atoms with Crippen molar-refractivity contribution in [1.29, 1.82) is 0 Å². The molecule has 4 heteroatoms. The quantitative estimate of drug-likeness (QED) is 0.395. The molecule has 4 aromatic rings. The highest BCUT2D eigenvalue weighted by Crippen LogP contribution is 2.24. The molecule has 2 aromatic heterocycles. The first kappa shape index (κ1) is 17.3. The number of imidazole rings is 1. The molecule has 0 saturated heterocycles. The van der Waals surface area contributed by atoms with Crippen LogP contribution in [-0.2, 0) is 11.3 Å². The molecule has 0 fully saturated rings. The summed E-state index contributed by atoms with van der Waals surface area (Å²) in [5, 5.41) is 1.14. The van der Waals surface area contributed by atoms with E-state index in [4.69, 9.17) is 4.74 Å². The molecular formula is C23H21N3O. The zero-order valence-corrected chi connectivity index (χ0v) is 15.4. The van der Waals surface area contributed by atoms with Crippen molar-refractivity contribution in [3.05, 3.63) is 72.2 Å². The number of aryl methyl sites for hydroxylation is 2. The number of rotatable bonds is 5. The van der Waals surface area contributed by atoms with Crippen LogP contribution in [0.5, 0.6) is 0 Å². The number of fused-ring (bicyclic) bond motifs is 3. The molecule has 0 saturated carbocycles. The highest BCUT2D eigenvalue weighted by atomic mass is 16.5. The van der Waals surface area contributed by atoms with Crippen LogP contribution in [0.15, 0.2) is 60.8 Å². The van der Waals surface area contributed by atoms with Crippen LogP contribution >= 0.6 is 0 Å². The molecule has 0 spiro atoms. The fourth-order valence-electron chi connectivity index (χ4n) is 3.26. The van der Waals surface area contributed by atoms with Gasteiger partial charge in [-0.2, -0.15) is 0 Å². The van der Waals surface area contributed by atoms with Gasteiger partial charge in [0.25, 0.3) is 0 Å². The predicted octanol–water partition coefficient (Wildman–Crippen LogP) is 4.35. The second kappa shape index (κ2) is 8.03. The van der Waals surface area contributed by atoms with E-state index >= 15 is 0 Å². The number of nitrogens with zero attached hydrogens (tertiary/aromatic N) is 3. The number of ether oxygens (including phenoxy) is 1. The van der Waals surface area contributed by atoms with E-state index in [1.807, 2.05) is 61.7 Å². The van der Waals surface area contributed by atoms with Crippen molar-refractivity contribution in [2.45, 2.75) is 19.9 Å². The van der Waals surface area contributed by atoms with Gasteiger partial charge in [0.05, 0.1) is 17.2 Å². The van der Waals surface area contributed by atoms with E-state index in [0.717, 1.165) is 46.3 Å². The summed E-state index contributed by atoms with van der Waals surface area (Å²) in [6.07, 6.45) is 2.77. The lowest BCUT2D eigenvalue weighted by atomic mass is 10.2. The van der Waals surface area contributed by atoms with E-state index in [1.54, 1.807) is 0 Å². The number of para-hydroxylation sites is 1. The second-order valence-corrected chi connectivity index (χ2v) is 6.39. The summed E-state index contributed by atoms with van der Waals surface area (Å²) in [4.78, 5) is 9.17. The van der Waals surface area contributed by atoms with Crippen LogP contribution in [0.25, 0.3) is 21.9 Å². The zero-order chi connectivity index (χ0) is 18.5. The average molecular weight is 355 g/mol. The maximum atomic E-state index is 5.67. The molecule has 0 aliphatic rings. The molecule has 2 aromatic carbocycles. The molecule has 0 N–H and O–H groups in total. The van der Waals surface area contributed by atoms with E-state index < -0.39 is 0 Å². The average Bonchev–Trinajstić information content (AvgIpc) is 3.04. The molecule has 0 radical (unpaired) electrons. The van der Waals surface area contributed by atoms with Gasteiger partial charge >= 0.3 is 0 Å². The Hall–Kier alpha value is -3.16. The van der Waals surface area contributed by atoms with Crippen molar-refractivity contribution in [2.75, 3.05) is 13.2 Å². The molecule has 0 aliphatic heterocycles. The molecule has 4 nitrogen and oxygen atoms in total. The Morgan fingerprint density at radius 2 is 1.81 bits per heavy atom. The first-order valence-corrected chi connectivity index (χ1v) is 9.15. The van der Waals surface area contributed by atoms with Gasteiger partial charge in [-0.3, -0.25) is 4.98 Å². The number of hydrogen-bond donors (Lipinski definition) is 0. The Morgan fingerprint density at radius 1 is 1.00 bits per heavy atom. The predicted molar refractivity (Wildman–Crippen MR) is 109 cm³/mol. The monoisotopic (exact) mass is 355 g/mol. The molecular weight excluding hydrogens is 334 g/mol. The lowest BCUT2D eigenvalue weighted by molar-refractivity contribution is 0.160. The molecule has 0 unspecified atom stereocenters. The summed E-state index contributed by atoms with van der Waals surface area (Å²) < 4.78 is 7.94. The Morgan fingerprint density at radius 3 is 2.70 bits per heavy atom. The van der Waals surface area contributed by atoms with E-state index in [1.165, 1.54) is 0 Å². The summed E-state index contributed by atoms with van der Waals surface area (Å²) >= 11 is 0. The van der Waals surface area contributed by atoms with Gasteiger partial charge in [0.15, 0.2) is 0 Å². The van der Waals surface area contributed by atoms with Crippen LogP contribution < -0.4 is 0 Å². The van der Waals surface area contributed by atoms with Gasteiger partial charge in [-0.15, -0.1) is 0 Å². The molecule has 0 atom stereocenters. The van der Waals surface area contributed by atoms with Crippen molar-refractivity contribution in [1.82, 2.24) is 14.5 Å². The van der Waals surface area contributed by atoms with Crippen LogP contribution in [-0.4, -0.2) is 27.7 Å². The first-order valence-electron chi connectivity index (χ1n) is 9.15. The lowest BCUT2D eigenvalue weighted by Crippen LogP contribution is -2.05. The van der Waals surface area contributed by atoms with Gasteiger partial charge in [-0.25, -0.2) is 4.98 Å². The molecule has 0 aliphatic carbocycles. The summed E-state index contributed by atoms with van der Waals surface area (Å²) in [6, 6.07) is 18.2. The lowest BCUT2D eigenvalue weighted by Gasteiger charge is -2.08. The molecule has 4 rings (SSSR count). The van der Waals surface area contributed by atoms with Crippen LogP contribution in [0.3, 0.4) is 0 Å². The fraction of sp³-hybridized carbons (Fsp3) is 0.217. The minimum atomic E-state index is 0.450. The molecule has 0 bridgehead atoms. The second-order valence-electron chi connectivity index (χ2n) is 6.39. The zero-order valence-electron chi connectivity index (χ0n) is 15.4. The largest absolute Gasteiger partial charge is 0.369 e. The Labute approximate surface area is 158 Å². The van der Waals surface area contributed by atoms with Crippen LogP contribution in [0.4, 0.5) is 0 Å². The van der Waals surface area contributed by atoms with Gasteiger partial charge < -0.3 is 9.30 Å². The molecule has 27 heavy (non-hydrogen) atoms. The maximum Gasteiger partial charge on any atom is 0.108 e. The van der Waals surface area contributed by atoms with Gasteiger partial charge in [-0.1, -0.05) is 48.2 Å². The molecule has 134 valence electrons. The van der Waals surface area contributed by atoms with Crippen LogP contribution in [0.1, 0.15) is 17.8 Å². The standard InChI is InChI=1S/C23H21N3O/c1-18-25-22-17-24-21-13-6-5-12-20(21)23(22)26(18)14-8-16-27-15-7-11-19-9-3-2-4-10-19/h2-6,9-10,12-13,17H,8,14-16H2,1H3. The van der Waals surface area contributed by atoms with Gasteiger partial charge in [0.1, 0.15) is 17.9 Å². The molecule has 0 amide bonds. The highest BCUT2D eigenvalue weighted by Gasteiger charge is 2.11. The fourth-order valence-corrected chi connectivity index (χ4v) is 3.26. The van der Waals surface area contributed by atoms with Gasteiger partial charge in [-0.05, 0) is 31.5 Å². The van der Waals surface area contributed by atoms with Crippen molar-refractivity contribution in [3.63, 3.8) is 0 Å². The maximum absolute atomic E-state index is 5.67. The van der Waals surface area contributed by atoms with Crippen LogP contribution in [0.2, 0.25) is 0 Å². The van der Waals surface area contributed by atoms with E-state index in [2.05, 4.69) is 32.4 Å². The summed E-state index contributed by atoms with van der Waals surface area (Å²) in [5.74, 6) is 7.17. The minimum absolute atomic E-state index is 0.450. The third-order valence-electron chi connectivity index (χ3n) is 4.52. The Balaban J connectivity index is 1.39. The van der Waals surface area contributed by atoms with E-state index in [9.17, 15) is 0 Å². The highest BCUT2D eigenvalue weighted by molar-refractivity contribution is 6.02.